The summed E-state index contributed by atoms with van der Waals surface area (Å²) in [6, 6.07) is 9.55. The number of benzene rings is 1. The van der Waals surface area contributed by atoms with Gasteiger partial charge in [0.2, 0.25) is 0 Å². The van der Waals surface area contributed by atoms with E-state index < -0.39 is 0 Å². The number of hydrogen-bond donors (Lipinski definition) is 0. The minimum Gasteiger partial charge on any atom is -0.358 e. The van der Waals surface area contributed by atoms with Crippen LogP contribution in [0.4, 0.5) is 5.69 Å². The minimum atomic E-state index is 0.238. The molecule has 1 aromatic carbocycles. The molecule has 3 aliphatic heterocycles. The Hall–Kier alpha value is -1.70. The Kier molecular flexibility index (Phi) is 2.21. The highest BCUT2D eigenvalue weighted by Crippen LogP contribution is 2.66. The van der Waals surface area contributed by atoms with Crippen LogP contribution in [0.15, 0.2) is 36.7 Å². The van der Waals surface area contributed by atoms with Gasteiger partial charge in [0.15, 0.2) is 0 Å². The summed E-state index contributed by atoms with van der Waals surface area (Å²) in [4.78, 5) is 2.79. The molecule has 22 heavy (non-hydrogen) atoms. The summed E-state index contributed by atoms with van der Waals surface area (Å²) in [5.41, 5.74) is 6.75. The van der Waals surface area contributed by atoms with E-state index in [1.165, 1.54) is 36.9 Å². The van der Waals surface area contributed by atoms with Crippen LogP contribution >= 0.6 is 0 Å². The summed E-state index contributed by atoms with van der Waals surface area (Å²) < 4.78 is 2.29. The van der Waals surface area contributed by atoms with Crippen LogP contribution in [0.25, 0.3) is 0 Å². The molecule has 3 aliphatic carbocycles. The van der Waals surface area contributed by atoms with Crippen LogP contribution in [-0.4, -0.2) is 10.6 Å². The van der Waals surface area contributed by atoms with Crippen molar-refractivity contribution in [3.63, 3.8) is 0 Å². The number of nitrogens with zero attached hydrogens (tertiary/aromatic N) is 2. The zero-order valence-corrected chi connectivity index (χ0v) is 13.8. The second-order valence-electron chi connectivity index (χ2n) is 7.77. The fourth-order valence-corrected chi connectivity index (χ4v) is 5.90. The number of anilines is 1. The van der Waals surface area contributed by atoms with Crippen LogP contribution < -0.4 is 4.90 Å². The van der Waals surface area contributed by atoms with Crippen LogP contribution in [-0.2, 0) is 18.0 Å². The molecule has 2 aromatic rings. The second-order valence-corrected chi connectivity index (χ2v) is 7.77. The van der Waals surface area contributed by atoms with Crippen molar-refractivity contribution >= 4 is 5.69 Å². The monoisotopic (exact) mass is 292 g/mol. The van der Waals surface area contributed by atoms with Crippen molar-refractivity contribution in [3.8, 4) is 0 Å². The van der Waals surface area contributed by atoms with Crippen molar-refractivity contribution in [1.82, 2.24) is 4.57 Å². The third-order valence-electron chi connectivity index (χ3n) is 6.99. The van der Waals surface area contributed by atoms with Crippen LogP contribution in [0.2, 0.25) is 0 Å². The summed E-state index contributed by atoms with van der Waals surface area (Å²) >= 11 is 0. The van der Waals surface area contributed by atoms with Crippen LogP contribution in [0, 0.1) is 6.92 Å². The van der Waals surface area contributed by atoms with E-state index in [1.54, 1.807) is 11.1 Å². The molecule has 6 aliphatic rings. The lowest BCUT2D eigenvalue weighted by Crippen LogP contribution is -2.71. The summed E-state index contributed by atoms with van der Waals surface area (Å²) in [6.07, 6.45) is 10.2. The van der Waals surface area contributed by atoms with Crippen molar-refractivity contribution in [2.45, 2.75) is 56.5 Å². The van der Waals surface area contributed by atoms with Gasteiger partial charge < -0.3 is 9.47 Å². The molecule has 4 heterocycles. The van der Waals surface area contributed by atoms with Gasteiger partial charge in [0.25, 0.3) is 0 Å². The zero-order valence-electron chi connectivity index (χ0n) is 13.8. The number of aryl methyl sites for hydroxylation is 2. The van der Waals surface area contributed by atoms with E-state index in [-0.39, 0.29) is 5.54 Å². The average molecular weight is 292 g/mol. The molecule has 3 fully saturated rings. The molecule has 0 unspecified atom stereocenters. The van der Waals surface area contributed by atoms with Gasteiger partial charge in [0.05, 0.1) is 5.54 Å². The quantitative estimate of drug-likeness (QED) is 0.762. The first-order chi connectivity index (χ1) is 10.6. The molecule has 1 aromatic heterocycles. The number of aromatic nitrogens is 1. The molecule has 2 nitrogen and oxygen atoms in total. The molecule has 0 amide bonds. The highest BCUT2D eigenvalue weighted by molar-refractivity contribution is 5.65. The average Bonchev–Trinajstić information content (AvgIpc) is 2.94. The van der Waals surface area contributed by atoms with Gasteiger partial charge in [-0.3, -0.25) is 0 Å². The summed E-state index contributed by atoms with van der Waals surface area (Å²) in [5, 5.41) is 0. The topological polar surface area (TPSA) is 8.17 Å². The van der Waals surface area contributed by atoms with E-state index in [0.29, 0.717) is 11.5 Å². The summed E-state index contributed by atoms with van der Waals surface area (Å²) in [5.74, 6) is 0. The molecule has 1 saturated carbocycles. The van der Waals surface area contributed by atoms with Gasteiger partial charge in [-0.25, -0.2) is 0 Å². The SMILES string of the molecule is Cc1ccccc1N1[C@@H](C)C23CCC1(CC2)c1cn(C)cc13. The van der Waals surface area contributed by atoms with Crippen molar-refractivity contribution in [2.75, 3.05) is 4.90 Å². The van der Waals surface area contributed by atoms with Crippen molar-refractivity contribution in [1.29, 1.82) is 0 Å². The van der Waals surface area contributed by atoms with Gasteiger partial charge in [0, 0.05) is 36.6 Å². The summed E-state index contributed by atoms with van der Waals surface area (Å²) in [6.45, 7) is 4.73. The van der Waals surface area contributed by atoms with Crippen molar-refractivity contribution < 1.29 is 0 Å². The maximum Gasteiger partial charge on any atom is 0.0675 e. The predicted octanol–water partition coefficient (Wildman–Crippen LogP) is 4.26. The molecule has 2 bridgehead atoms. The molecule has 0 spiro atoms. The lowest BCUT2D eigenvalue weighted by atomic mass is 9.48. The maximum absolute atomic E-state index is 2.79. The fourth-order valence-electron chi connectivity index (χ4n) is 5.90. The van der Waals surface area contributed by atoms with E-state index >= 15 is 0 Å². The van der Waals surface area contributed by atoms with E-state index in [0.717, 1.165) is 0 Å². The third kappa shape index (κ3) is 1.21. The normalized spacial score (nSPS) is 35.0. The van der Waals surface area contributed by atoms with Gasteiger partial charge in [-0.15, -0.1) is 0 Å². The van der Waals surface area contributed by atoms with Crippen LogP contribution in [0.5, 0.6) is 0 Å². The Morgan fingerprint density at radius 2 is 1.68 bits per heavy atom. The van der Waals surface area contributed by atoms with Crippen molar-refractivity contribution in [2.24, 2.45) is 7.05 Å². The first-order valence-corrected chi connectivity index (χ1v) is 8.60. The number of piperidine rings is 2. The first kappa shape index (κ1) is 12.8. The molecule has 2 heteroatoms. The van der Waals surface area contributed by atoms with Gasteiger partial charge in [-0.2, -0.15) is 0 Å². The molecule has 8 rings (SSSR count). The molecule has 114 valence electrons. The van der Waals surface area contributed by atoms with E-state index in [9.17, 15) is 0 Å². The lowest BCUT2D eigenvalue weighted by Gasteiger charge is -2.69. The molecular weight excluding hydrogens is 268 g/mol. The molecular formula is C20H24N2. The van der Waals surface area contributed by atoms with Gasteiger partial charge in [-0.05, 0) is 62.3 Å². The molecule has 0 radical (unpaired) electrons. The number of para-hydroxylation sites is 1. The largest absolute Gasteiger partial charge is 0.358 e. The minimum absolute atomic E-state index is 0.238. The first-order valence-electron chi connectivity index (χ1n) is 8.60. The Morgan fingerprint density at radius 1 is 1.00 bits per heavy atom. The Balaban J connectivity index is 1.80. The van der Waals surface area contributed by atoms with Crippen molar-refractivity contribution in [3.05, 3.63) is 53.3 Å². The lowest BCUT2D eigenvalue weighted by molar-refractivity contribution is 0.0565. The number of hydrogen-bond acceptors (Lipinski definition) is 1. The van der Waals surface area contributed by atoms with Crippen LogP contribution in [0.1, 0.15) is 49.3 Å². The van der Waals surface area contributed by atoms with Gasteiger partial charge >= 0.3 is 0 Å². The predicted molar refractivity (Wildman–Crippen MR) is 90.4 cm³/mol. The number of rotatable bonds is 1. The van der Waals surface area contributed by atoms with Crippen LogP contribution in [0.3, 0.4) is 0 Å². The van der Waals surface area contributed by atoms with Gasteiger partial charge in [-0.1, -0.05) is 18.2 Å². The molecule has 1 atom stereocenters. The standard InChI is InChI=1S/C20H24N2/c1-14-6-4-5-7-18(14)22-15(2)19-8-10-20(22,11-9-19)17-13-21(3)12-16(17)19/h4-7,12-13,15H,8-11H2,1-3H3/t15-,19?,20?/m0/s1. The highest BCUT2D eigenvalue weighted by atomic mass is 15.3. The zero-order chi connectivity index (χ0) is 15.1. The second kappa shape index (κ2) is 3.79. The Bertz CT molecular complexity index is 762. The molecule has 0 N–H and O–H groups in total. The third-order valence-corrected chi connectivity index (χ3v) is 6.99. The Morgan fingerprint density at radius 3 is 2.41 bits per heavy atom. The Labute approximate surface area is 132 Å². The highest BCUT2D eigenvalue weighted by Gasteiger charge is 2.65. The molecule has 2 saturated heterocycles. The van der Waals surface area contributed by atoms with E-state index in [1.807, 2.05) is 0 Å². The maximum atomic E-state index is 2.79. The van der Waals surface area contributed by atoms with E-state index in [4.69, 9.17) is 0 Å². The van der Waals surface area contributed by atoms with Gasteiger partial charge in [0.1, 0.15) is 0 Å². The smallest absolute Gasteiger partial charge is 0.0675 e. The van der Waals surface area contributed by atoms with E-state index in [2.05, 4.69) is 67.0 Å². The fraction of sp³-hybridized carbons (Fsp3) is 0.500. The summed E-state index contributed by atoms with van der Waals surface area (Å²) in [7, 11) is 2.19.